The van der Waals surface area contributed by atoms with Crippen molar-refractivity contribution < 1.29 is 9.53 Å². The number of hydrogen-bond acceptors (Lipinski definition) is 4. The van der Waals surface area contributed by atoms with Gasteiger partial charge in [-0.1, -0.05) is 23.2 Å². The van der Waals surface area contributed by atoms with E-state index in [0.717, 1.165) is 17.1 Å². The molecule has 0 spiro atoms. The van der Waals surface area contributed by atoms with E-state index in [0.29, 0.717) is 23.1 Å². The first-order valence-corrected chi connectivity index (χ1v) is 8.52. The smallest absolute Gasteiger partial charge is 0.246 e. The van der Waals surface area contributed by atoms with Crippen LogP contribution in [0.3, 0.4) is 0 Å². The maximum Gasteiger partial charge on any atom is 0.246 e. The van der Waals surface area contributed by atoms with Crippen LogP contribution in [0.25, 0.3) is 0 Å². The van der Waals surface area contributed by atoms with Gasteiger partial charge in [0.25, 0.3) is 0 Å². The Morgan fingerprint density at radius 1 is 1.08 bits per heavy atom. The summed E-state index contributed by atoms with van der Waals surface area (Å²) >= 11 is 12.0. The summed E-state index contributed by atoms with van der Waals surface area (Å²) in [6.07, 6.45) is 0. The van der Waals surface area contributed by atoms with Crippen LogP contribution < -0.4 is 20.3 Å². The van der Waals surface area contributed by atoms with Crippen molar-refractivity contribution in [2.75, 3.05) is 43.6 Å². The van der Waals surface area contributed by atoms with Crippen LogP contribution in [0.15, 0.2) is 42.5 Å². The molecule has 2 aromatic rings. The van der Waals surface area contributed by atoms with Crippen LogP contribution in [-0.4, -0.2) is 39.7 Å². The molecular weight excluding hydrogens is 361 g/mol. The summed E-state index contributed by atoms with van der Waals surface area (Å²) in [7, 11) is 3.34. The molecule has 2 N–H and O–H groups in total. The van der Waals surface area contributed by atoms with E-state index in [1.54, 1.807) is 31.2 Å². The highest BCUT2D eigenvalue weighted by Crippen LogP contribution is 2.27. The van der Waals surface area contributed by atoms with E-state index in [9.17, 15) is 4.79 Å². The van der Waals surface area contributed by atoms with Gasteiger partial charge in [0.1, 0.15) is 5.75 Å². The van der Waals surface area contributed by atoms with Crippen molar-refractivity contribution in [1.82, 2.24) is 0 Å². The molecule has 0 aliphatic carbocycles. The predicted octanol–water partition coefficient (Wildman–Crippen LogP) is 3.43. The first-order chi connectivity index (χ1) is 12.0. The van der Waals surface area contributed by atoms with Crippen molar-refractivity contribution in [2.24, 2.45) is 5.73 Å². The van der Waals surface area contributed by atoms with Gasteiger partial charge in [-0.25, -0.2) is 0 Å². The van der Waals surface area contributed by atoms with Crippen LogP contribution in [0.5, 0.6) is 5.75 Å². The third kappa shape index (κ3) is 5.01. The average molecular weight is 382 g/mol. The molecule has 0 saturated carbocycles. The number of nitrogens with two attached hydrogens (primary N) is 1. The van der Waals surface area contributed by atoms with E-state index in [4.69, 9.17) is 33.7 Å². The minimum Gasteiger partial charge on any atom is -0.497 e. The largest absolute Gasteiger partial charge is 0.497 e. The van der Waals surface area contributed by atoms with Gasteiger partial charge in [0.2, 0.25) is 5.91 Å². The Labute approximate surface area is 157 Å². The van der Waals surface area contributed by atoms with Crippen molar-refractivity contribution in [1.29, 1.82) is 0 Å². The molecule has 2 aromatic carbocycles. The van der Waals surface area contributed by atoms with Crippen molar-refractivity contribution in [3.05, 3.63) is 52.5 Å². The number of ether oxygens (including phenoxy) is 1. The van der Waals surface area contributed by atoms with E-state index in [-0.39, 0.29) is 12.5 Å². The van der Waals surface area contributed by atoms with Crippen molar-refractivity contribution in [3.63, 3.8) is 0 Å². The number of halogens is 2. The second kappa shape index (κ2) is 8.94. The van der Waals surface area contributed by atoms with E-state index in [2.05, 4.69) is 0 Å². The third-order valence-electron chi connectivity index (χ3n) is 3.83. The highest BCUT2D eigenvalue weighted by molar-refractivity contribution is 6.42. The van der Waals surface area contributed by atoms with Gasteiger partial charge in [-0.05, 0) is 42.5 Å². The van der Waals surface area contributed by atoms with Crippen molar-refractivity contribution in [3.8, 4) is 5.75 Å². The Morgan fingerprint density at radius 3 is 2.28 bits per heavy atom. The second-order valence-electron chi connectivity index (χ2n) is 5.46. The zero-order valence-electron chi connectivity index (χ0n) is 14.2. The Morgan fingerprint density at radius 2 is 1.72 bits per heavy atom. The molecule has 0 heterocycles. The van der Waals surface area contributed by atoms with Crippen LogP contribution >= 0.6 is 23.2 Å². The second-order valence-corrected chi connectivity index (χ2v) is 6.27. The van der Waals surface area contributed by atoms with Gasteiger partial charge < -0.3 is 20.3 Å². The van der Waals surface area contributed by atoms with Crippen molar-refractivity contribution in [2.45, 2.75) is 0 Å². The van der Waals surface area contributed by atoms with Gasteiger partial charge in [0.05, 0.1) is 23.7 Å². The minimum atomic E-state index is -0.0651. The minimum absolute atomic E-state index is 0.0651. The number of nitrogens with zero attached hydrogens (tertiary/aromatic N) is 2. The van der Waals surface area contributed by atoms with E-state index in [1.807, 2.05) is 35.2 Å². The van der Waals surface area contributed by atoms with Crippen molar-refractivity contribution >= 4 is 40.5 Å². The Balaban J connectivity index is 2.14. The lowest BCUT2D eigenvalue weighted by atomic mass is 10.2. The molecule has 1 amide bonds. The zero-order chi connectivity index (χ0) is 18.4. The molecule has 0 bridgehead atoms. The highest BCUT2D eigenvalue weighted by atomic mass is 35.5. The van der Waals surface area contributed by atoms with Crippen LogP contribution in [-0.2, 0) is 4.79 Å². The number of rotatable bonds is 7. The number of anilines is 2. The Bertz CT molecular complexity index is 723. The van der Waals surface area contributed by atoms with Gasteiger partial charge >= 0.3 is 0 Å². The molecule has 0 aliphatic heterocycles. The lowest BCUT2D eigenvalue weighted by Gasteiger charge is -2.27. The first kappa shape index (κ1) is 19.4. The molecule has 134 valence electrons. The standard InChI is InChI=1S/C18H21Cl2N3O2/c1-22(13-3-6-15(25-2)7-4-13)18(24)12-23(10-9-21)14-5-8-16(19)17(20)11-14/h3-8,11H,9-10,12,21H2,1-2H3. The molecule has 2 rings (SSSR count). The fraction of sp³-hybridized carbons (Fsp3) is 0.278. The molecule has 0 saturated heterocycles. The van der Waals surface area contributed by atoms with Crippen LogP contribution in [0.4, 0.5) is 11.4 Å². The Kier molecular flexibility index (Phi) is 6.93. The molecule has 0 radical (unpaired) electrons. The average Bonchev–Trinajstić information content (AvgIpc) is 2.63. The summed E-state index contributed by atoms with van der Waals surface area (Å²) < 4.78 is 5.14. The molecule has 0 atom stereocenters. The fourth-order valence-electron chi connectivity index (χ4n) is 2.36. The number of carbonyl (C=O) groups excluding carboxylic acids is 1. The number of likely N-dealkylation sites (N-methyl/N-ethyl adjacent to an activating group) is 1. The summed E-state index contributed by atoms with van der Waals surface area (Å²) in [5.41, 5.74) is 7.28. The topological polar surface area (TPSA) is 58.8 Å². The first-order valence-electron chi connectivity index (χ1n) is 7.77. The molecule has 0 aliphatic rings. The highest BCUT2D eigenvalue weighted by Gasteiger charge is 2.17. The lowest BCUT2D eigenvalue weighted by Crippen LogP contribution is -2.40. The normalized spacial score (nSPS) is 10.4. The van der Waals surface area contributed by atoms with E-state index < -0.39 is 0 Å². The molecule has 25 heavy (non-hydrogen) atoms. The fourth-order valence-corrected chi connectivity index (χ4v) is 2.65. The summed E-state index contributed by atoms with van der Waals surface area (Å²) in [5.74, 6) is 0.676. The maximum absolute atomic E-state index is 12.7. The summed E-state index contributed by atoms with van der Waals surface area (Å²) in [6.45, 7) is 1.12. The van der Waals surface area contributed by atoms with Gasteiger partial charge in [-0.15, -0.1) is 0 Å². The monoisotopic (exact) mass is 381 g/mol. The number of hydrogen-bond donors (Lipinski definition) is 1. The summed E-state index contributed by atoms with van der Waals surface area (Å²) in [4.78, 5) is 16.1. The maximum atomic E-state index is 12.7. The van der Waals surface area contributed by atoms with Crippen LogP contribution in [0, 0.1) is 0 Å². The third-order valence-corrected chi connectivity index (χ3v) is 4.57. The molecule has 5 nitrogen and oxygen atoms in total. The molecule has 7 heteroatoms. The molecular formula is C18H21Cl2N3O2. The van der Waals surface area contributed by atoms with Crippen LogP contribution in [0.2, 0.25) is 10.0 Å². The van der Waals surface area contributed by atoms with E-state index >= 15 is 0 Å². The van der Waals surface area contributed by atoms with Gasteiger partial charge in [-0.3, -0.25) is 4.79 Å². The van der Waals surface area contributed by atoms with E-state index in [1.165, 1.54) is 0 Å². The molecule has 0 unspecified atom stereocenters. The van der Waals surface area contributed by atoms with Gasteiger partial charge in [-0.2, -0.15) is 0 Å². The molecule has 0 aromatic heterocycles. The predicted molar refractivity (Wildman–Crippen MR) is 104 cm³/mol. The molecule has 0 fully saturated rings. The zero-order valence-corrected chi connectivity index (χ0v) is 15.7. The number of amides is 1. The van der Waals surface area contributed by atoms with Gasteiger partial charge in [0, 0.05) is 31.5 Å². The number of benzene rings is 2. The SMILES string of the molecule is COc1ccc(N(C)C(=O)CN(CCN)c2ccc(Cl)c(Cl)c2)cc1. The van der Waals surface area contributed by atoms with Gasteiger partial charge in [0.15, 0.2) is 0 Å². The summed E-state index contributed by atoms with van der Waals surface area (Å²) in [5, 5.41) is 0.914. The number of methoxy groups -OCH3 is 1. The lowest BCUT2D eigenvalue weighted by molar-refractivity contribution is -0.117. The quantitative estimate of drug-likeness (QED) is 0.797. The number of carbonyl (C=O) groups is 1. The Hall–Kier alpha value is -1.95. The van der Waals surface area contributed by atoms with Crippen LogP contribution in [0.1, 0.15) is 0 Å². The summed E-state index contributed by atoms with van der Waals surface area (Å²) in [6, 6.07) is 12.6.